The summed E-state index contributed by atoms with van der Waals surface area (Å²) in [7, 11) is 0. The van der Waals surface area contributed by atoms with Gasteiger partial charge >= 0.3 is 0 Å². The van der Waals surface area contributed by atoms with E-state index < -0.39 is 0 Å². The van der Waals surface area contributed by atoms with Gasteiger partial charge in [-0.15, -0.1) is 11.3 Å². The van der Waals surface area contributed by atoms with Gasteiger partial charge in [0, 0.05) is 17.3 Å². The summed E-state index contributed by atoms with van der Waals surface area (Å²) in [5, 5.41) is 0. The van der Waals surface area contributed by atoms with Crippen molar-refractivity contribution in [2.75, 3.05) is 0 Å². The number of aromatic nitrogens is 1. The van der Waals surface area contributed by atoms with Crippen molar-refractivity contribution < 1.29 is 0 Å². The van der Waals surface area contributed by atoms with E-state index in [1.165, 1.54) is 10.4 Å². The molecule has 2 aromatic rings. The van der Waals surface area contributed by atoms with Gasteiger partial charge in [-0.25, -0.2) is 4.98 Å². The molecule has 0 aliphatic carbocycles. The number of aliphatic imine (C=N–C) groups is 1. The van der Waals surface area contributed by atoms with E-state index in [0.717, 1.165) is 17.8 Å². The number of benzene rings is 1. The third-order valence-electron chi connectivity index (χ3n) is 2.32. The normalized spacial score (nSPS) is 13.1. The maximum atomic E-state index is 4.40. The first kappa shape index (κ1) is 7.88. The van der Waals surface area contributed by atoms with E-state index in [1.807, 2.05) is 23.9 Å². The topological polar surface area (TPSA) is 25.2 Å². The molecule has 0 saturated carbocycles. The summed E-state index contributed by atoms with van der Waals surface area (Å²) in [6.45, 7) is 0.759. The fourth-order valence-electron chi connectivity index (χ4n) is 1.65. The Bertz CT molecular complexity index is 499. The Balaban J connectivity index is 2.34. The predicted octanol–water partition coefficient (Wildman–Crippen LogP) is 2.74. The van der Waals surface area contributed by atoms with Crippen LogP contribution in [0.15, 0.2) is 34.8 Å². The van der Waals surface area contributed by atoms with Crippen LogP contribution in [0.2, 0.25) is 0 Å². The quantitative estimate of drug-likeness (QED) is 0.642. The Morgan fingerprint density at radius 3 is 3.14 bits per heavy atom. The van der Waals surface area contributed by atoms with Crippen LogP contribution in [0.25, 0.3) is 11.3 Å². The molecule has 0 bridgehead atoms. The number of hydrogen-bond acceptors (Lipinski definition) is 3. The van der Waals surface area contributed by atoms with Gasteiger partial charge in [0.2, 0.25) is 0 Å². The molecule has 0 atom stereocenters. The standard InChI is InChI=1S/C11H8N2S/c1-2-4-9-8(3-1)5-12-6-10-11(9)13-7-14-10/h1-5,7H,6H2. The SMILES string of the molecule is C1=NCc2scnc2-c2ccccc21. The Labute approximate surface area is 86.0 Å². The Morgan fingerprint density at radius 2 is 2.14 bits per heavy atom. The van der Waals surface area contributed by atoms with E-state index in [2.05, 4.69) is 22.1 Å². The fourth-order valence-corrected chi connectivity index (χ4v) is 2.36. The van der Waals surface area contributed by atoms with Crippen molar-refractivity contribution in [3.05, 3.63) is 40.2 Å². The molecular weight excluding hydrogens is 192 g/mol. The minimum Gasteiger partial charge on any atom is -0.287 e. The molecule has 1 aromatic carbocycles. The van der Waals surface area contributed by atoms with Gasteiger partial charge in [0.25, 0.3) is 0 Å². The zero-order valence-corrected chi connectivity index (χ0v) is 8.29. The fraction of sp³-hybridized carbons (Fsp3) is 0.0909. The van der Waals surface area contributed by atoms with Crippen LogP contribution in [0, 0.1) is 0 Å². The van der Waals surface area contributed by atoms with Gasteiger partial charge in [-0.3, -0.25) is 4.99 Å². The number of nitrogens with zero attached hydrogens (tertiary/aromatic N) is 2. The molecule has 0 amide bonds. The highest BCUT2D eigenvalue weighted by Gasteiger charge is 2.13. The van der Waals surface area contributed by atoms with Crippen LogP contribution in [0.4, 0.5) is 0 Å². The molecule has 0 unspecified atom stereocenters. The summed E-state index contributed by atoms with van der Waals surface area (Å²) >= 11 is 1.68. The number of rotatable bonds is 0. The second-order valence-electron chi connectivity index (χ2n) is 3.18. The van der Waals surface area contributed by atoms with Crippen molar-refractivity contribution in [2.24, 2.45) is 4.99 Å². The molecule has 1 aliphatic rings. The van der Waals surface area contributed by atoms with Crippen LogP contribution >= 0.6 is 11.3 Å². The summed E-state index contributed by atoms with van der Waals surface area (Å²) in [5.41, 5.74) is 5.35. The van der Waals surface area contributed by atoms with Gasteiger partial charge in [-0.1, -0.05) is 24.3 Å². The third kappa shape index (κ3) is 1.09. The van der Waals surface area contributed by atoms with Crippen LogP contribution in [-0.2, 0) is 6.54 Å². The van der Waals surface area contributed by atoms with E-state index in [9.17, 15) is 0 Å². The van der Waals surface area contributed by atoms with E-state index in [0.29, 0.717) is 0 Å². The van der Waals surface area contributed by atoms with Gasteiger partial charge in [0.15, 0.2) is 0 Å². The minimum absolute atomic E-state index is 0.759. The van der Waals surface area contributed by atoms with Gasteiger partial charge < -0.3 is 0 Å². The first-order valence-corrected chi connectivity index (χ1v) is 5.35. The molecule has 0 N–H and O–H groups in total. The van der Waals surface area contributed by atoms with Crippen molar-refractivity contribution in [3.63, 3.8) is 0 Å². The molecule has 0 fully saturated rings. The lowest BCUT2D eigenvalue weighted by Gasteiger charge is -2.00. The maximum Gasteiger partial charge on any atom is 0.0868 e. The van der Waals surface area contributed by atoms with Crippen molar-refractivity contribution in [2.45, 2.75) is 6.54 Å². The summed E-state index contributed by atoms with van der Waals surface area (Å²) in [6, 6.07) is 8.25. The third-order valence-corrected chi connectivity index (χ3v) is 3.14. The number of hydrogen-bond donors (Lipinski definition) is 0. The number of fused-ring (bicyclic) bond motifs is 3. The van der Waals surface area contributed by atoms with Crippen LogP contribution in [0.5, 0.6) is 0 Å². The minimum atomic E-state index is 0.759. The molecule has 3 rings (SSSR count). The lowest BCUT2D eigenvalue weighted by molar-refractivity contribution is 1.11. The Hall–Kier alpha value is -1.48. The first-order chi connectivity index (χ1) is 6.95. The molecule has 2 heterocycles. The molecule has 0 spiro atoms. The zero-order chi connectivity index (χ0) is 9.38. The highest BCUT2D eigenvalue weighted by molar-refractivity contribution is 7.10. The maximum absolute atomic E-state index is 4.40. The van der Waals surface area contributed by atoms with Crippen molar-refractivity contribution >= 4 is 17.6 Å². The molecular formula is C11H8N2S. The smallest absolute Gasteiger partial charge is 0.0868 e. The first-order valence-electron chi connectivity index (χ1n) is 4.47. The van der Waals surface area contributed by atoms with E-state index >= 15 is 0 Å². The highest BCUT2D eigenvalue weighted by atomic mass is 32.1. The zero-order valence-electron chi connectivity index (χ0n) is 7.47. The summed E-state index contributed by atoms with van der Waals surface area (Å²) in [6.07, 6.45) is 1.93. The summed E-state index contributed by atoms with van der Waals surface area (Å²) < 4.78 is 0. The van der Waals surface area contributed by atoms with Gasteiger partial charge in [0.05, 0.1) is 22.6 Å². The summed E-state index contributed by atoms with van der Waals surface area (Å²) in [5.74, 6) is 0. The lowest BCUT2D eigenvalue weighted by atomic mass is 10.1. The van der Waals surface area contributed by atoms with Crippen molar-refractivity contribution in [3.8, 4) is 11.3 Å². The van der Waals surface area contributed by atoms with Crippen LogP contribution < -0.4 is 0 Å². The number of thiazole rings is 1. The predicted molar refractivity (Wildman–Crippen MR) is 58.8 cm³/mol. The Kier molecular flexibility index (Phi) is 1.70. The molecule has 0 radical (unpaired) electrons. The molecule has 0 saturated heterocycles. The van der Waals surface area contributed by atoms with E-state index in [-0.39, 0.29) is 0 Å². The molecule has 68 valence electrons. The van der Waals surface area contributed by atoms with Crippen molar-refractivity contribution in [1.82, 2.24) is 4.98 Å². The van der Waals surface area contributed by atoms with Crippen LogP contribution in [-0.4, -0.2) is 11.2 Å². The average molecular weight is 200 g/mol. The highest BCUT2D eigenvalue weighted by Crippen LogP contribution is 2.30. The van der Waals surface area contributed by atoms with E-state index in [1.54, 1.807) is 11.3 Å². The molecule has 1 aromatic heterocycles. The second-order valence-corrected chi connectivity index (χ2v) is 4.12. The Morgan fingerprint density at radius 1 is 1.21 bits per heavy atom. The largest absolute Gasteiger partial charge is 0.287 e. The molecule has 1 aliphatic heterocycles. The van der Waals surface area contributed by atoms with E-state index in [4.69, 9.17) is 0 Å². The van der Waals surface area contributed by atoms with Crippen molar-refractivity contribution in [1.29, 1.82) is 0 Å². The monoisotopic (exact) mass is 200 g/mol. The van der Waals surface area contributed by atoms with Gasteiger partial charge in [-0.05, 0) is 0 Å². The van der Waals surface area contributed by atoms with Gasteiger partial charge in [-0.2, -0.15) is 0 Å². The summed E-state index contributed by atoms with van der Waals surface area (Å²) in [4.78, 5) is 10.0. The van der Waals surface area contributed by atoms with Crippen LogP contribution in [0.1, 0.15) is 10.4 Å². The molecule has 3 heteroatoms. The molecule has 2 nitrogen and oxygen atoms in total. The molecule has 14 heavy (non-hydrogen) atoms. The lowest BCUT2D eigenvalue weighted by Crippen LogP contribution is -1.86. The second kappa shape index (κ2) is 3.03. The van der Waals surface area contributed by atoms with Crippen LogP contribution in [0.3, 0.4) is 0 Å². The average Bonchev–Trinajstić information content (AvgIpc) is 2.61. The van der Waals surface area contributed by atoms with Gasteiger partial charge in [0.1, 0.15) is 0 Å².